The quantitative estimate of drug-likeness (QED) is 0.672. The Bertz CT molecular complexity index is 454. The molecule has 0 aliphatic heterocycles. The van der Waals surface area contributed by atoms with E-state index in [0.29, 0.717) is 18.0 Å². The maximum Gasteiger partial charge on any atom is 0.247 e. The maximum atomic E-state index is 10.7. The number of aliphatic hydroxyl groups is 1. The number of methoxy groups -OCH3 is 2. The highest BCUT2D eigenvalue weighted by Crippen LogP contribution is 2.33. The lowest BCUT2D eigenvalue weighted by Crippen LogP contribution is -2.37. The van der Waals surface area contributed by atoms with Gasteiger partial charge in [-0.25, -0.2) is 0 Å². The zero-order valence-electron chi connectivity index (χ0n) is 10.8. The molecule has 0 radical (unpaired) electrons. The van der Waals surface area contributed by atoms with Crippen molar-refractivity contribution in [2.75, 3.05) is 20.8 Å². The zero-order chi connectivity index (χ0) is 14.4. The monoisotopic (exact) mass is 332 g/mol. The van der Waals surface area contributed by atoms with Crippen molar-refractivity contribution in [3.05, 3.63) is 22.2 Å². The van der Waals surface area contributed by atoms with E-state index in [9.17, 15) is 9.90 Å². The van der Waals surface area contributed by atoms with Gasteiger partial charge in [-0.15, -0.1) is 0 Å². The van der Waals surface area contributed by atoms with E-state index in [1.807, 2.05) is 6.07 Å². The van der Waals surface area contributed by atoms with E-state index < -0.39 is 12.0 Å². The molecule has 6 nitrogen and oxygen atoms in total. The molecule has 1 aromatic carbocycles. The van der Waals surface area contributed by atoms with E-state index in [1.54, 1.807) is 20.3 Å². The Balaban J connectivity index is 2.71. The Morgan fingerprint density at radius 1 is 1.42 bits per heavy atom. The van der Waals surface area contributed by atoms with Gasteiger partial charge in [-0.1, -0.05) is 15.9 Å². The minimum atomic E-state index is -1.20. The predicted molar refractivity (Wildman–Crippen MR) is 74.2 cm³/mol. The Morgan fingerprint density at radius 2 is 2.00 bits per heavy atom. The average molecular weight is 333 g/mol. The lowest BCUT2D eigenvalue weighted by molar-refractivity contribution is -0.125. The van der Waals surface area contributed by atoms with Crippen LogP contribution in [-0.2, 0) is 11.3 Å². The molecule has 0 aromatic heterocycles. The molecule has 1 amide bonds. The van der Waals surface area contributed by atoms with Gasteiger partial charge in [0.05, 0.1) is 14.2 Å². The number of benzene rings is 1. The summed E-state index contributed by atoms with van der Waals surface area (Å²) in [4.78, 5) is 10.7. The Labute approximate surface area is 120 Å². The van der Waals surface area contributed by atoms with Gasteiger partial charge in [0.15, 0.2) is 11.5 Å². The van der Waals surface area contributed by atoms with Gasteiger partial charge in [0.25, 0.3) is 0 Å². The highest BCUT2D eigenvalue weighted by molar-refractivity contribution is 9.10. The lowest BCUT2D eigenvalue weighted by atomic mass is 10.2. The summed E-state index contributed by atoms with van der Waals surface area (Å²) in [7, 11) is 3.12. The van der Waals surface area contributed by atoms with Crippen LogP contribution in [-0.4, -0.2) is 37.9 Å². The molecule has 0 aliphatic rings. The van der Waals surface area contributed by atoms with Crippen LogP contribution in [0.5, 0.6) is 11.5 Å². The van der Waals surface area contributed by atoms with Crippen LogP contribution in [0.2, 0.25) is 0 Å². The van der Waals surface area contributed by atoms with Gasteiger partial charge in [-0.05, 0) is 17.7 Å². The molecule has 106 valence electrons. The second kappa shape index (κ2) is 7.32. The molecule has 0 spiro atoms. The smallest absolute Gasteiger partial charge is 0.247 e. The van der Waals surface area contributed by atoms with Gasteiger partial charge in [-0.3, -0.25) is 4.79 Å². The van der Waals surface area contributed by atoms with Crippen LogP contribution in [0.3, 0.4) is 0 Å². The minimum Gasteiger partial charge on any atom is -0.493 e. The van der Waals surface area contributed by atoms with Crippen molar-refractivity contribution >= 4 is 21.8 Å². The number of aliphatic hydroxyl groups excluding tert-OH is 1. The normalized spacial score (nSPS) is 12.0. The molecule has 0 fully saturated rings. The fourth-order valence-electron chi connectivity index (χ4n) is 1.48. The number of carbonyl (C=O) groups is 1. The number of nitrogens with one attached hydrogen (secondary N) is 1. The molecule has 1 rings (SSSR count). The van der Waals surface area contributed by atoms with E-state index in [4.69, 9.17) is 15.2 Å². The summed E-state index contributed by atoms with van der Waals surface area (Å²) in [5, 5.41) is 12.2. The first-order valence-corrected chi connectivity index (χ1v) is 6.37. The molecule has 1 atom stereocenters. The summed E-state index contributed by atoms with van der Waals surface area (Å²) < 4.78 is 11.2. The first-order valence-electron chi connectivity index (χ1n) is 5.58. The van der Waals surface area contributed by atoms with Crippen molar-refractivity contribution in [3.63, 3.8) is 0 Å². The predicted octanol–water partition coefficient (Wildman–Crippen LogP) is 0.402. The lowest BCUT2D eigenvalue weighted by Gasteiger charge is -2.13. The molecule has 1 unspecified atom stereocenters. The molecule has 7 heteroatoms. The Morgan fingerprint density at radius 3 is 2.53 bits per heavy atom. The summed E-state index contributed by atoms with van der Waals surface area (Å²) in [6, 6.07) is 3.60. The highest BCUT2D eigenvalue weighted by Gasteiger charge is 2.12. The summed E-state index contributed by atoms with van der Waals surface area (Å²) in [5.74, 6) is 0.479. The van der Waals surface area contributed by atoms with Crippen molar-refractivity contribution in [1.82, 2.24) is 5.32 Å². The van der Waals surface area contributed by atoms with Crippen LogP contribution in [0, 0.1) is 0 Å². The van der Waals surface area contributed by atoms with Crippen molar-refractivity contribution < 1.29 is 19.4 Å². The number of rotatable bonds is 7. The first-order chi connectivity index (χ1) is 8.99. The Hall–Kier alpha value is -1.31. The molecule has 4 N–H and O–H groups in total. The summed E-state index contributed by atoms with van der Waals surface area (Å²) in [6.07, 6.45) is -1.20. The van der Waals surface area contributed by atoms with Crippen molar-refractivity contribution in [2.24, 2.45) is 5.73 Å². The van der Waals surface area contributed by atoms with Gasteiger partial charge < -0.3 is 25.6 Å². The van der Waals surface area contributed by atoms with E-state index in [-0.39, 0.29) is 6.54 Å². The topological polar surface area (TPSA) is 93.8 Å². The van der Waals surface area contributed by atoms with Gasteiger partial charge in [-0.2, -0.15) is 0 Å². The number of nitrogens with two attached hydrogens (primary N) is 1. The number of carbonyl (C=O) groups excluding carboxylic acids is 1. The molecule has 0 heterocycles. The standard InChI is InChI=1S/C12H17BrN2O4/c1-18-10-3-7(8(13)4-11(10)19-2)5-15-6-9(16)12(14)17/h3-4,9,15-16H,5-6H2,1-2H3,(H2,14,17). The highest BCUT2D eigenvalue weighted by atomic mass is 79.9. The van der Waals surface area contributed by atoms with E-state index in [1.165, 1.54) is 0 Å². The maximum absolute atomic E-state index is 10.7. The molecule has 0 aliphatic carbocycles. The van der Waals surface area contributed by atoms with Crippen LogP contribution >= 0.6 is 15.9 Å². The van der Waals surface area contributed by atoms with E-state index in [2.05, 4.69) is 21.2 Å². The SMILES string of the molecule is COc1cc(Br)c(CNCC(O)C(N)=O)cc1OC. The molecular weight excluding hydrogens is 316 g/mol. The zero-order valence-corrected chi connectivity index (χ0v) is 12.4. The average Bonchev–Trinajstić information content (AvgIpc) is 2.39. The van der Waals surface area contributed by atoms with Crippen LogP contribution in [0.25, 0.3) is 0 Å². The summed E-state index contributed by atoms with van der Waals surface area (Å²) in [6.45, 7) is 0.543. The fourth-order valence-corrected chi connectivity index (χ4v) is 1.94. The van der Waals surface area contributed by atoms with Gasteiger partial charge in [0.1, 0.15) is 6.10 Å². The first kappa shape index (κ1) is 15.7. The van der Waals surface area contributed by atoms with Crippen LogP contribution < -0.4 is 20.5 Å². The third-order valence-electron chi connectivity index (χ3n) is 2.53. The minimum absolute atomic E-state index is 0.0934. The number of halogens is 1. The number of primary amides is 1. The van der Waals surface area contributed by atoms with Gasteiger partial charge >= 0.3 is 0 Å². The van der Waals surface area contributed by atoms with Crippen LogP contribution in [0.15, 0.2) is 16.6 Å². The van der Waals surface area contributed by atoms with Crippen molar-refractivity contribution in [1.29, 1.82) is 0 Å². The number of hydrogen-bond donors (Lipinski definition) is 3. The number of hydrogen-bond acceptors (Lipinski definition) is 5. The van der Waals surface area contributed by atoms with Crippen molar-refractivity contribution in [3.8, 4) is 11.5 Å². The molecule has 0 saturated carbocycles. The van der Waals surface area contributed by atoms with E-state index >= 15 is 0 Å². The molecule has 0 saturated heterocycles. The number of amides is 1. The third kappa shape index (κ3) is 4.38. The van der Waals surface area contributed by atoms with Gasteiger partial charge in [0, 0.05) is 17.6 Å². The van der Waals surface area contributed by atoms with Crippen LogP contribution in [0.1, 0.15) is 5.56 Å². The second-order valence-corrected chi connectivity index (χ2v) is 4.70. The molecular formula is C12H17BrN2O4. The number of ether oxygens (including phenoxy) is 2. The molecule has 1 aromatic rings. The Kier molecular flexibility index (Phi) is 6.07. The fraction of sp³-hybridized carbons (Fsp3) is 0.417. The van der Waals surface area contributed by atoms with E-state index in [0.717, 1.165) is 10.0 Å². The molecule has 19 heavy (non-hydrogen) atoms. The van der Waals surface area contributed by atoms with Crippen molar-refractivity contribution in [2.45, 2.75) is 12.6 Å². The molecule has 0 bridgehead atoms. The van der Waals surface area contributed by atoms with Gasteiger partial charge in [0.2, 0.25) is 5.91 Å². The van der Waals surface area contributed by atoms with Crippen LogP contribution in [0.4, 0.5) is 0 Å². The summed E-state index contributed by atoms with van der Waals surface area (Å²) >= 11 is 3.42. The second-order valence-electron chi connectivity index (χ2n) is 3.85. The largest absolute Gasteiger partial charge is 0.493 e. The third-order valence-corrected chi connectivity index (χ3v) is 3.27. The summed E-state index contributed by atoms with van der Waals surface area (Å²) in [5.41, 5.74) is 5.87.